The quantitative estimate of drug-likeness (QED) is 0.310. The lowest BCUT2D eigenvalue weighted by Crippen LogP contribution is -2.44. The van der Waals surface area contributed by atoms with Crippen molar-refractivity contribution in [2.75, 3.05) is 12.0 Å². The van der Waals surface area contributed by atoms with Crippen LogP contribution in [0.1, 0.15) is 27.4 Å². The van der Waals surface area contributed by atoms with Crippen LogP contribution in [0.3, 0.4) is 0 Å². The molecule has 0 amide bonds. The molecule has 1 saturated heterocycles. The molecule has 0 aliphatic carbocycles. The van der Waals surface area contributed by atoms with E-state index in [-0.39, 0.29) is 27.7 Å². The number of rotatable bonds is 6. The van der Waals surface area contributed by atoms with Gasteiger partial charge in [0.2, 0.25) is 6.04 Å². The molecule has 10 heteroatoms. The minimum atomic E-state index is -1.21. The van der Waals surface area contributed by atoms with Crippen LogP contribution >= 0.6 is 0 Å². The summed E-state index contributed by atoms with van der Waals surface area (Å²) in [6.07, 6.45) is 3.53. The van der Waals surface area contributed by atoms with Crippen molar-refractivity contribution >= 4 is 23.2 Å². The van der Waals surface area contributed by atoms with E-state index < -0.39 is 34.7 Å². The molecule has 3 aromatic carbocycles. The Hall–Kier alpha value is -4.73. The number of aromatic hydroxyl groups is 1. The molecule has 0 unspecified atom stereocenters. The van der Waals surface area contributed by atoms with Crippen molar-refractivity contribution in [1.82, 2.24) is 0 Å². The fourth-order valence-corrected chi connectivity index (χ4v) is 5.27. The van der Waals surface area contributed by atoms with Gasteiger partial charge in [0.15, 0.2) is 17.3 Å². The highest BCUT2D eigenvalue weighted by atomic mass is 16.6. The Labute approximate surface area is 205 Å². The normalized spacial score (nSPS) is 22.0. The average Bonchev–Trinajstić information content (AvgIpc) is 3.24. The maximum absolute atomic E-state index is 14.1. The minimum absolute atomic E-state index is 0.0831. The second-order valence-electron chi connectivity index (χ2n) is 8.67. The minimum Gasteiger partial charge on any atom is -0.504 e. The summed E-state index contributed by atoms with van der Waals surface area (Å²) in [5.74, 6) is -1.43. The van der Waals surface area contributed by atoms with Crippen molar-refractivity contribution in [1.29, 1.82) is 0 Å². The van der Waals surface area contributed by atoms with Crippen molar-refractivity contribution in [3.63, 3.8) is 0 Å². The standard InChI is InChI=1S/C26H21N3O7/c1-36-22-14-16(10-12-21(22)30)23-24(29(34)35)20-11-9-15-5-2-3-8-19(15)27(20)25(23)26(31)17-6-4-7-18(13-17)28(32)33/h2-14,20,23-25,30H,1H3/t20-,23+,24-,25+/m0/s1. The Morgan fingerprint density at radius 2 is 1.81 bits per heavy atom. The second kappa shape index (κ2) is 8.81. The summed E-state index contributed by atoms with van der Waals surface area (Å²) < 4.78 is 5.23. The van der Waals surface area contributed by atoms with Crippen LogP contribution in [0.5, 0.6) is 11.5 Å². The first-order valence-electron chi connectivity index (χ1n) is 11.2. The third kappa shape index (κ3) is 3.63. The van der Waals surface area contributed by atoms with Gasteiger partial charge in [0, 0.05) is 28.3 Å². The predicted octanol–water partition coefficient (Wildman–Crippen LogP) is 4.21. The largest absolute Gasteiger partial charge is 0.504 e. The van der Waals surface area contributed by atoms with Crippen LogP contribution in [0.15, 0.2) is 72.8 Å². The molecular formula is C26H21N3O7. The van der Waals surface area contributed by atoms with E-state index in [1.54, 1.807) is 29.2 Å². The van der Waals surface area contributed by atoms with Gasteiger partial charge in [-0.1, -0.05) is 48.6 Å². The van der Waals surface area contributed by atoms with Crippen LogP contribution in [0.4, 0.5) is 11.4 Å². The number of non-ortho nitro benzene ring substituents is 1. The van der Waals surface area contributed by atoms with Crippen LogP contribution in [0.25, 0.3) is 6.08 Å². The number of hydrogen-bond donors (Lipinski definition) is 1. The van der Waals surface area contributed by atoms with E-state index in [2.05, 4.69) is 0 Å². The van der Waals surface area contributed by atoms with Crippen molar-refractivity contribution in [3.8, 4) is 11.5 Å². The van der Waals surface area contributed by atoms with Crippen LogP contribution < -0.4 is 9.64 Å². The molecular weight excluding hydrogens is 466 g/mol. The molecule has 0 radical (unpaired) electrons. The maximum atomic E-state index is 14.1. The number of nitro benzene ring substituents is 1. The highest BCUT2D eigenvalue weighted by molar-refractivity contribution is 6.04. The molecule has 4 atom stereocenters. The molecule has 2 aliphatic rings. The molecule has 1 N–H and O–H groups in total. The number of nitro groups is 2. The van der Waals surface area contributed by atoms with Crippen LogP contribution in [-0.2, 0) is 0 Å². The van der Waals surface area contributed by atoms with Gasteiger partial charge >= 0.3 is 0 Å². The fraction of sp³-hybridized carbons (Fsp3) is 0.192. The van der Waals surface area contributed by atoms with Crippen molar-refractivity contribution in [3.05, 3.63) is 110 Å². The molecule has 36 heavy (non-hydrogen) atoms. The van der Waals surface area contributed by atoms with Crippen molar-refractivity contribution in [2.24, 2.45) is 0 Å². The second-order valence-corrected chi connectivity index (χ2v) is 8.67. The third-order valence-corrected chi connectivity index (χ3v) is 6.81. The lowest BCUT2D eigenvalue weighted by Gasteiger charge is -2.34. The van der Waals surface area contributed by atoms with Crippen LogP contribution in [-0.4, -0.2) is 46.0 Å². The number of anilines is 1. The summed E-state index contributed by atoms with van der Waals surface area (Å²) in [4.78, 5) is 38.7. The number of para-hydroxylation sites is 1. The zero-order chi connectivity index (χ0) is 25.6. The Morgan fingerprint density at radius 1 is 1.03 bits per heavy atom. The number of nitrogens with zero attached hydrogens (tertiary/aromatic N) is 3. The number of carbonyl (C=O) groups excluding carboxylic acids is 1. The molecule has 0 aromatic heterocycles. The van der Waals surface area contributed by atoms with E-state index in [0.717, 1.165) is 5.56 Å². The zero-order valence-corrected chi connectivity index (χ0v) is 19.1. The Morgan fingerprint density at radius 3 is 2.53 bits per heavy atom. The summed E-state index contributed by atoms with van der Waals surface area (Å²) in [6.45, 7) is 0. The van der Waals surface area contributed by atoms with E-state index in [9.17, 15) is 30.1 Å². The van der Waals surface area contributed by atoms with Gasteiger partial charge in [0.25, 0.3) is 5.69 Å². The van der Waals surface area contributed by atoms with Gasteiger partial charge in [0.05, 0.1) is 18.0 Å². The van der Waals surface area contributed by atoms with E-state index in [0.29, 0.717) is 11.3 Å². The molecule has 10 nitrogen and oxygen atoms in total. The summed E-state index contributed by atoms with van der Waals surface area (Å²) in [5.41, 5.74) is 1.74. The molecule has 182 valence electrons. The lowest BCUT2D eigenvalue weighted by atomic mass is 9.83. The van der Waals surface area contributed by atoms with Gasteiger partial charge in [-0.25, -0.2) is 0 Å². The Kier molecular flexibility index (Phi) is 5.63. The summed E-state index contributed by atoms with van der Waals surface area (Å²) in [7, 11) is 1.37. The predicted molar refractivity (Wildman–Crippen MR) is 131 cm³/mol. The molecule has 0 bridgehead atoms. The maximum Gasteiger partial charge on any atom is 0.270 e. The Balaban J connectivity index is 1.73. The van der Waals surface area contributed by atoms with Gasteiger partial charge in [-0.05, 0) is 29.3 Å². The number of phenolic OH excluding ortho intramolecular Hbond substituents is 1. The monoisotopic (exact) mass is 487 g/mol. The Bertz CT molecular complexity index is 1420. The topological polar surface area (TPSA) is 136 Å². The number of carbonyl (C=O) groups is 1. The van der Waals surface area contributed by atoms with E-state index in [1.807, 2.05) is 18.2 Å². The smallest absolute Gasteiger partial charge is 0.270 e. The molecule has 0 spiro atoms. The van der Waals surface area contributed by atoms with E-state index in [1.165, 1.54) is 43.5 Å². The van der Waals surface area contributed by atoms with Gasteiger partial charge in [0.1, 0.15) is 12.1 Å². The number of ketones is 1. The van der Waals surface area contributed by atoms with Crippen LogP contribution in [0.2, 0.25) is 0 Å². The fourth-order valence-electron chi connectivity index (χ4n) is 5.27. The third-order valence-electron chi connectivity index (χ3n) is 6.81. The van der Waals surface area contributed by atoms with Crippen molar-refractivity contribution in [2.45, 2.75) is 24.0 Å². The number of ether oxygens (including phenoxy) is 1. The number of hydrogen-bond acceptors (Lipinski definition) is 8. The van der Waals surface area contributed by atoms with Gasteiger partial charge in [-0.2, -0.15) is 0 Å². The summed E-state index contributed by atoms with van der Waals surface area (Å²) >= 11 is 0. The molecule has 1 fully saturated rings. The number of phenols is 1. The zero-order valence-electron chi connectivity index (χ0n) is 19.1. The van der Waals surface area contributed by atoms with Gasteiger partial charge < -0.3 is 14.7 Å². The first kappa shape index (κ1) is 23.0. The van der Waals surface area contributed by atoms with E-state index in [4.69, 9.17) is 4.74 Å². The highest BCUT2D eigenvalue weighted by Crippen LogP contribution is 2.48. The molecule has 5 rings (SSSR count). The molecule has 2 heterocycles. The van der Waals surface area contributed by atoms with Gasteiger partial charge in [-0.3, -0.25) is 25.0 Å². The highest BCUT2D eigenvalue weighted by Gasteiger charge is 2.59. The number of methoxy groups -OCH3 is 1. The molecule has 2 aliphatic heterocycles. The number of fused-ring (bicyclic) bond motifs is 3. The average molecular weight is 487 g/mol. The first-order valence-corrected chi connectivity index (χ1v) is 11.2. The number of Topliss-reactive ketones (excluding diaryl/α,β-unsaturated/α-hetero) is 1. The van der Waals surface area contributed by atoms with E-state index >= 15 is 0 Å². The number of benzene rings is 3. The first-order chi connectivity index (χ1) is 17.3. The van der Waals surface area contributed by atoms with Gasteiger partial charge in [-0.15, -0.1) is 0 Å². The SMILES string of the molecule is COc1cc([C@@H]2[C@@H]([N+](=O)[O-])[C@@H]3C=Cc4ccccc4N3[C@H]2C(=O)c2cccc([N+](=O)[O-])c2)ccc1O. The summed E-state index contributed by atoms with van der Waals surface area (Å²) in [6, 6.07) is 14.1. The van der Waals surface area contributed by atoms with Crippen molar-refractivity contribution < 1.29 is 24.5 Å². The lowest BCUT2D eigenvalue weighted by molar-refractivity contribution is -0.524. The van der Waals surface area contributed by atoms with Crippen LogP contribution in [0, 0.1) is 20.2 Å². The molecule has 0 saturated carbocycles. The summed E-state index contributed by atoms with van der Waals surface area (Å²) in [5, 5.41) is 34.0. The molecule has 3 aromatic rings.